The molecule has 0 radical (unpaired) electrons. The van der Waals surface area contributed by atoms with Gasteiger partial charge in [-0.1, -0.05) is 61.5 Å². The van der Waals surface area contributed by atoms with Crippen LogP contribution in [0.5, 0.6) is 5.75 Å². The highest BCUT2D eigenvalue weighted by Crippen LogP contribution is 2.30. The Hall–Kier alpha value is -2.54. The van der Waals surface area contributed by atoms with E-state index >= 15 is 0 Å². The summed E-state index contributed by atoms with van der Waals surface area (Å²) in [6.45, 7) is 5.04. The molecule has 0 amide bonds. The summed E-state index contributed by atoms with van der Waals surface area (Å²) < 4.78 is 5.66. The zero-order valence-electron chi connectivity index (χ0n) is 13.8. The van der Waals surface area contributed by atoms with Gasteiger partial charge in [-0.25, -0.2) is 0 Å². The fourth-order valence-electron chi connectivity index (χ4n) is 2.69. The van der Waals surface area contributed by atoms with Gasteiger partial charge in [0.2, 0.25) is 0 Å². The molecule has 0 spiro atoms. The number of hydrogen-bond acceptors (Lipinski definition) is 1. The van der Waals surface area contributed by atoms with E-state index in [1.807, 2.05) is 12.1 Å². The molecule has 3 aromatic rings. The summed E-state index contributed by atoms with van der Waals surface area (Å²) in [7, 11) is 0. The van der Waals surface area contributed by atoms with Crippen LogP contribution in [0.15, 0.2) is 72.8 Å². The van der Waals surface area contributed by atoms with Crippen LogP contribution in [0.25, 0.3) is 22.3 Å². The van der Waals surface area contributed by atoms with E-state index in [1.54, 1.807) is 0 Å². The summed E-state index contributed by atoms with van der Waals surface area (Å²) in [4.78, 5) is 0. The van der Waals surface area contributed by atoms with Crippen LogP contribution in [0.3, 0.4) is 0 Å². The average Bonchev–Trinajstić information content (AvgIpc) is 2.62. The first-order valence-electron chi connectivity index (χ1n) is 8.17. The monoisotopic (exact) mass is 302 g/mol. The molecule has 0 aliphatic rings. The van der Waals surface area contributed by atoms with Crippen molar-refractivity contribution in [3.8, 4) is 28.0 Å². The van der Waals surface area contributed by atoms with Gasteiger partial charge in [0, 0.05) is 0 Å². The van der Waals surface area contributed by atoms with E-state index in [4.69, 9.17) is 4.74 Å². The molecule has 0 fully saturated rings. The van der Waals surface area contributed by atoms with Crippen molar-refractivity contribution in [2.75, 3.05) is 6.61 Å². The first-order valence-corrected chi connectivity index (χ1v) is 8.17. The Bertz CT molecular complexity index is 758. The molecule has 1 nitrogen and oxygen atoms in total. The quantitative estimate of drug-likeness (QED) is 0.552. The molecule has 0 saturated carbocycles. The molecule has 23 heavy (non-hydrogen) atoms. The third-order valence-electron chi connectivity index (χ3n) is 3.98. The molecule has 0 aromatic heterocycles. The Balaban J connectivity index is 1.92. The van der Waals surface area contributed by atoms with Crippen molar-refractivity contribution in [3.63, 3.8) is 0 Å². The predicted octanol–water partition coefficient (Wildman–Crippen LogP) is 6.12. The van der Waals surface area contributed by atoms with E-state index in [0.29, 0.717) is 0 Å². The van der Waals surface area contributed by atoms with Crippen molar-refractivity contribution in [2.24, 2.45) is 0 Å². The Labute approximate surface area is 138 Å². The summed E-state index contributed by atoms with van der Waals surface area (Å²) in [6.07, 6.45) is 1.03. The smallest absolute Gasteiger partial charge is 0.119 e. The van der Waals surface area contributed by atoms with Gasteiger partial charge in [0.1, 0.15) is 5.75 Å². The fourth-order valence-corrected chi connectivity index (χ4v) is 2.69. The van der Waals surface area contributed by atoms with Gasteiger partial charge < -0.3 is 4.74 Å². The minimum absolute atomic E-state index is 0.766. The van der Waals surface area contributed by atoms with Crippen LogP contribution in [-0.2, 0) is 0 Å². The van der Waals surface area contributed by atoms with E-state index in [-0.39, 0.29) is 0 Å². The molecule has 1 heteroatoms. The van der Waals surface area contributed by atoms with Gasteiger partial charge in [-0.2, -0.15) is 0 Å². The summed E-state index contributed by atoms with van der Waals surface area (Å²) >= 11 is 0. The van der Waals surface area contributed by atoms with Crippen LogP contribution in [0.2, 0.25) is 0 Å². The van der Waals surface area contributed by atoms with Crippen molar-refractivity contribution in [1.82, 2.24) is 0 Å². The molecule has 0 aliphatic carbocycles. The largest absolute Gasteiger partial charge is 0.494 e. The molecule has 3 aromatic carbocycles. The second-order valence-corrected chi connectivity index (χ2v) is 5.77. The SMILES string of the molecule is CCCOc1ccc(-c2ccc(C)c(-c3ccccc3)c2)cc1. The Morgan fingerprint density at radius 3 is 2.13 bits per heavy atom. The van der Waals surface area contributed by atoms with Crippen molar-refractivity contribution in [2.45, 2.75) is 20.3 Å². The fraction of sp³-hybridized carbons (Fsp3) is 0.182. The molecule has 3 rings (SSSR count). The maximum atomic E-state index is 5.66. The summed E-state index contributed by atoms with van der Waals surface area (Å²) in [6, 6.07) is 25.5. The van der Waals surface area contributed by atoms with Crippen LogP contribution in [0, 0.1) is 6.92 Å². The van der Waals surface area contributed by atoms with Gasteiger partial charge in [0.25, 0.3) is 0 Å². The first-order chi connectivity index (χ1) is 11.3. The van der Waals surface area contributed by atoms with Crippen LogP contribution in [0.4, 0.5) is 0 Å². The highest BCUT2D eigenvalue weighted by atomic mass is 16.5. The molecule has 0 saturated heterocycles. The topological polar surface area (TPSA) is 9.23 Å². The number of ether oxygens (including phenoxy) is 1. The molecular weight excluding hydrogens is 280 g/mol. The highest BCUT2D eigenvalue weighted by molar-refractivity contribution is 5.75. The Morgan fingerprint density at radius 2 is 1.43 bits per heavy atom. The van der Waals surface area contributed by atoms with Crippen molar-refractivity contribution in [1.29, 1.82) is 0 Å². The summed E-state index contributed by atoms with van der Waals surface area (Å²) in [5.41, 5.74) is 6.29. The van der Waals surface area contributed by atoms with Crippen molar-refractivity contribution < 1.29 is 4.74 Å². The number of aryl methyl sites for hydroxylation is 1. The normalized spacial score (nSPS) is 10.5. The van der Waals surface area contributed by atoms with Gasteiger partial charge >= 0.3 is 0 Å². The molecular formula is C22H22O. The van der Waals surface area contributed by atoms with Crippen molar-refractivity contribution >= 4 is 0 Å². The standard InChI is InChI=1S/C22H22O/c1-3-15-23-21-13-11-18(12-14-21)20-10-9-17(2)22(16-20)19-7-5-4-6-8-19/h4-14,16H,3,15H2,1-2H3. The number of hydrogen-bond donors (Lipinski definition) is 0. The van der Waals surface area contributed by atoms with E-state index in [1.165, 1.54) is 27.8 Å². The van der Waals surface area contributed by atoms with Gasteiger partial charge in [-0.3, -0.25) is 0 Å². The summed E-state index contributed by atoms with van der Waals surface area (Å²) in [5, 5.41) is 0. The van der Waals surface area contributed by atoms with Gasteiger partial charge in [0.05, 0.1) is 6.61 Å². The lowest BCUT2D eigenvalue weighted by Crippen LogP contribution is -1.94. The Kier molecular flexibility index (Phi) is 4.77. The minimum Gasteiger partial charge on any atom is -0.494 e. The third-order valence-corrected chi connectivity index (χ3v) is 3.98. The second kappa shape index (κ2) is 7.15. The van der Waals surface area contributed by atoms with Crippen molar-refractivity contribution in [3.05, 3.63) is 78.4 Å². The number of rotatable bonds is 5. The summed E-state index contributed by atoms with van der Waals surface area (Å²) in [5.74, 6) is 0.936. The van der Waals surface area contributed by atoms with E-state index in [9.17, 15) is 0 Å². The van der Waals surface area contributed by atoms with Gasteiger partial charge in [0.15, 0.2) is 0 Å². The molecule has 0 unspecified atom stereocenters. The van der Waals surface area contributed by atoms with E-state index < -0.39 is 0 Å². The first kappa shape index (κ1) is 15.4. The van der Waals surface area contributed by atoms with E-state index in [0.717, 1.165) is 18.8 Å². The lowest BCUT2D eigenvalue weighted by atomic mass is 9.95. The molecule has 0 heterocycles. The maximum absolute atomic E-state index is 5.66. The molecule has 116 valence electrons. The third kappa shape index (κ3) is 3.62. The average molecular weight is 302 g/mol. The van der Waals surface area contributed by atoms with E-state index in [2.05, 4.69) is 74.5 Å². The highest BCUT2D eigenvalue weighted by Gasteiger charge is 2.05. The zero-order valence-corrected chi connectivity index (χ0v) is 13.8. The molecule has 0 bridgehead atoms. The van der Waals surface area contributed by atoms with Crippen LogP contribution < -0.4 is 4.74 Å². The lowest BCUT2D eigenvalue weighted by Gasteiger charge is -2.10. The van der Waals surface area contributed by atoms with Crippen LogP contribution in [-0.4, -0.2) is 6.61 Å². The lowest BCUT2D eigenvalue weighted by molar-refractivity contribution is 0.317. The minimum atomic E-state index is 0.766. The van der Waals surface area contributed by atoms with Crippen LogP contribution >= 0.6 is 0 Å². The second-order valence-electron chi connectivity index (χ2n) is 5.77. The van der Waals surface area contributed by atoms with Crippen LogP contribution in [0.1, 0.15) is 18.9 Å². The van der Waals surface area contributed by atoms with Gasteiger partial charge in [-0.05, 0) is 59.4 Å². The number of benzene rings is 3. The maximum Gasteiger partial charge on any atom is 0.119 e. The molecule has 0 atom stereocenters. The zero-order chi connectivity index (χ0) is 16.1. The molecule has 0 N–H and O–H groups in total. The Morgan fingerprint density at radius 1 is 0.739 bits per heavy atom. The predicted molar refractivity (Wildman–Crippen MR) is 97.8 cm³/mol. The van der Waals surface area contributed by atoms with Gasteiger partial charge in [-0.15, -0.1) is 0 Å². The molecule has 0 aliphatic heterocycles.